The minimum Gasteiger partial charge on any atom is -0.493 e. The van der Waals surface area contributed by atoms with Gasteiger partial charge in [-0.1, -0.05) is 0 Å². The van der Waals surface area contributed by atoms with E-state index in [1.165, 1.54) is 13.2 Å². The molecule has 0 bridgehead atoms. The molecule has 2 rings (SSSR count). The fraction of sp³-hybridized carbons (Fsp3) is 0.385. The number of halogens is 1. The Labute approximate surface area is 106 Å². The first-order chi connectivity index (χ1) is 8.65. The van der Waals surface area contributed by atoms with Crippen LogP contribution in [0.15, 0.2) is 18.3 Å². The van der Waals surface area contributed by atoms with Crippen LogP contribution in [0.4, 0.5) is 4.39 Å². The molecule has 1 aromatic carbocycles. The molecule has 0 spiro atoms. The zero-order valence-corrected chi connectivity index (χ0v) is 10.9. The molecule has 0 saturated carbocycles. The van der Waals surface area contributed by atoms with E-state index in [1.807, 2.05) is 31.4 Å². The second-order valence-corrected chi connectivity index (χ2v) is 4.28. The molecule has 0 amide bonds. The number of nitrogens with zero attached hydrogens (tertiary/aromatic N) is 1. The Hall–Kier alpha value is -1.59. The molecule has 4 nitrogen and oxygen atoms in total. The Morgan fingerprint density at radius 2 is 2.28 bits per heavy atom. The van der Waals surface area contributed by atoms with Crippen LogP contribution in [0.1, 0.15) is 11.1 Å². The highest BCUT2D eigenvalue weighted by Crippen LogP contribution is 2.28. The first-order valence-electron chi connectivity index (χ1n) is 5.84. The van der Waals surface area contributed by atoms with Crippen LogP contribution in [0.2, 0.25) is 0 Å². The summed E-state index contributed by atoms with van der Waals surface area (Å²) in [7, 11) is 5.23. The molecule has 0 radical (unpaired) electrons. The summed E-state index contributed by atoms with van der Waals surface area (Å²) < 4.78 is 19.1. The van der Waals surface area contributed by atoms with Gasteiger partial charge in [0, 0.05) is 31.9 Å². The van der Waals surface area contributed by atoms with E-state index in [1.54, 1.807) is 0 Å². The third-order valence-electron chi connectivity index (χ3n) is 2.93. The SMILES string of the molecule is CNCc1cc(C2=CN(C)NC2)cc(F)c1OC. The number of rotatable bonds is 4. The predicted molar refractivity (Wildman–Crippen MR) is 69.5 cm³/mol. The van der Waals surface area contributed by atoms with E-state index in [4.69, 9.17) is 4.74 Å². The van der Waals surface area contributed by atoms with Gasteiger partial charge < -0.3 is 15.1 Å². The monoisotopic (exact) mass is 251 g/mol. The van der Waals surface area contributed by atoms with E-state index in [2.05, 4.69) is 10.7 Å². The van der Waals surface area contributed by atoms with Crippen LogP contribution in [-0.4, -0.2) is 32.8 Å². The number of hydrogen-bond acceptors (Lipinski definition) is 4. The lowest BCUT2D eigenvalue weighted by Crippen LogP contribution is -2.23. The van der Waals surface area contributed by atoms with Gasteiger partial charge in [-0.05, 0) is 30.3 Å². The number of methoxy groups -OCH3 is 1. The zero-order valence-electron chi connectivity index (χ0n) is 10.9. The van der Waals surface area contributed by atoms with Gasteiger partial charge in [0.05, 0.1) is 7.11 Å². The van der Waals surface area contributed by atoms with Crippen molar-refractivity contribution in [2.75, 3.05) is 27.7 Å². The van der Waals surface area contributed by atoms with E-state index < -0.39 is 0 Å². The molecule has 0 aliphatic carbocycles. The normalized spacial score (nSPS) is 14.9. The van der Waals surface area contributed by atoms with Gasteiger partial charge in [-0.3, -0.25) is 0 Å². The number of nitrogens with one attached hydrogen (secondary N) is 2. The maximum atomic E-state index is 14.0. The van der Waals surface area contributed by atoms with Gasteiger partial charge in [0.2, 0.25) is 0 Å². The van der Waals surface area contributed by atoms with Crippen LogP contribution in [0, 0.1) is 5.82 Å². The molecular weight excluding hydrogens is 233 g/mol. The molecule has 1 heterocycles. The Kier molecular flexibility index (Phi) is 3.84. The van der Waals surface area contributed by atoms with Crippen LogP contribution in [-0.2, 0) is 6.54 Å². The maximum Gasteiger partial charge on any atom is 0.165 e. The minimum atomic E-state index is -0.323. The zero-order chi connectivity index (χ0) is 13.1. The first kappa shape index (κ1) is 12.9. The predicted octanol–water partition coefficient (Wildman–Crippen LogP) is 1.34. The van der Waals surface area contributed by atoms with Gasteiger partial charge in [-0.15, -0.1) is 0 Å². The number of hydrazine groups is 1. The third kappa shape index (κ3) is 2.47. The lowest BCUT2D eigenvalue weighted by Gasteiger charge is -2.12. The Morgan fingerprint density at radius 1 is 1.50 bits per heavy atom. The number of hydrogen-bond donors (Lipinski definition) is 2. The van der Waals surface area contributed by atoms with Crippen LogP contribution in [0.3, 0.4) is 0 Å². The van der Waals surface area contributed by atoms with Crippen LogP contribution < -0.4 is 15.5 Å². The molecule has 5 heteroatoms. The second kappa shape index (κ2) is 5.37. The molecule has 0 saturated heterocycles. The molecule has 1 aromatic rings. The Bertz CT molecular complexity index is 474. The topological polar surface area (TPSA) is 36.5 Å². The van der Waals surface area contributed by atoms with Gasteiger partial charge in [0.25, 0.3) is 0 Å². The third-order valence-corrected chi connectivity index (χ3v) is 2.93. The van der Waals surface area contributed by atoms with Crippen molar-refractivity contribution in [2.45, 2.75) is 6.54 Å². The molecule has 0 atom stereocenters. The maximum absolute atomic E-state index is 14.0. The molecular formula is C13H18FN3O. The second-order valence-electron chi connectivity index (χ2n) is 4.28. The van der Waals surface area contributed by atoms with E-state index in [0.717, 1.165) is 16.7 Å². The van der Waals surface area contributed by atoms with Crippen molar-refractivity contribution in [2.24, 2.45) is 0 Å². The van der Waals surface area contributed by atoms with Crippen LogP contribution in [0.25, 0.3) is 5.57 Å². The molecule has 1 aliphatic rings. The van der Waals surface area contributed by atoms with Crippen LogP contribution in [0.5, 0.6) is 5.75 Å². The summed E-state index contributed by atoms with van der Waals surface area (Å²) in [4.78, 5) is 0. The van der Waals surface area contributed by atoms with Crippen molar-refractivity contribution in [1.82, 2.24) is 15.8 Å². The quantitative estimate of drug-likeness (QED) is 0.847. The minimum absolute atomic E-state index is 0.313. The average Bonchev–Trinajstić information content (AvgIpc) is 2.76. The molecule has 18 heavy (non-hydrogen) atoms. The Balaban J connectivity index is 2.41. The van der Waals surface area contributed by atoms with Crippen molar-refractivity contribution in [3.05, 3.63) is 35.3 Å². The standard InChI is InChI=1S/C13H18FN3O/c1-15-6-10-4-9(5-12(14)13(10)18-3)11-7-16-17(2)8-11/h4-5,8,15-16H,6-7H2,1-3H3. The van der Waals surface area contributed by atoms with E-state index >= 15 is 0 Å². The Morgan fingerprint density at radius 3 is 2.83 bits per heavy atom. The largest absolute Gasteiger partial charge is 0.493 e. The van der Waals surface area contributed by atoms with Gasteiger partial charge in [-0.2, -0.15) is 0 Å². The van der Waals surface area contributed by atoms with E-state index in [-0.39, 0.29) is 5.82 Å². The van der Waals surface area contributed by atoms with Crippen molar-refractivity contribution in [1.29, 1.82) is 0 Å². The summed E-state index contributed by atoms with van der Waals surface area (Å²) in [6, 6.07) is 3.48. The molecule has 0 fully saturated rings. The molecule has 0 aromatic heterocycles. The molecule has 1 aliphatic heterocycles. The van der Waals surface area contributed by atoms with Crippen molar-refractivity contribution >= 4 is 5.57 Å². The smallest absolute Gasteiger partial charge is 0.165 e. The molecule has 2 N–H and O–H groups in total. The fourth-order valence-corrected chi connectivity index (χ4v) is 2.10. The van der Waals surface area contributed by atoms with Gasteiger partial charge in [0.15, 0.2) is 11.6 Å². The van der Waals surface area contributed by atoms with Gasteiger partial charge in [0.1, 0.15) is 0 Å². The van der Waals surface area contributed by atoms with Crippen molar-refractivity contribution in [3.8, 4) is 5.75 Å². The molecule has 98 valence electrons. The summed E-state index contributed by atoms with van der Waals surface area (Å²) in [5.74, 6) is -0.0105. The fourth-order valence-electron chi connectivity index (χ4n) is 2.10. The molecule has 0 unspecified atom stereocenters. The lowest BCUT2D eigenvalue weighted by molar-refractivity contribution is 0.374. The van der Waals surface area contributed by atoms with E-state index in [9.17, 15) is 4.39 Å². The number of benzene rings is 1. The summed E-state index contributed by atoms with van der Waals surface area (Å²) in [6.07, 6.45) is 1.96. The summed E-state index contributed by atoms with van der Waals surface area (Å²) >= 11 is 0. The highest BCUT2D eigenvalue weighted by atomic mass is 19.1. The highest BCUT2D eigenvalue weighted by molar-refractivity contribution is 5.69. The number of ether oxygens (including phenoxy) is 1. The summed E-state index contributed by atoms with van der Waals surface area (Å²) in [5, 5.41) is 4.89. The van der Waals surface area contributed by atoms with Crippen molar-refractivity contribution in [3.63, 3.8) is 0 Å². The van der Waals surface area contributed by atoms with Gasteiger partial charge in [-0.25, -0.2) is 9.82 Å². The van der Waals surface area contributed by atoms with E-state index in [0.29, 0.717) is 18.8 Å². The summed E-state index contributed by atoms with van der Waals surface area (Å²) in [5.41, 5.74) is 5.91. The van der Waals surface area contributed by atoms with Crippen LogP contribution >= 0.6 is 0 Å². The van der Waals surface area contributed by atoms with Crippen molar-refractivity contribution < 1.29 is 9.13 Å². The summed E-state index contributed by atoms with van der Waals surface area (Å²) in [6.45, 7) is 1.28. The van der Waals surface area contributed by atoms with Gasteiger partial charge >= 0.3 is 0 Å². The highest BCUT2D eigenvalue weighted by Gasteiger charge is 2.16. The average molecular weight is 251 g/mol. The lowest BCUT2D eigenvalue weighted by atomic mass is 10.0. The first-order valence-corrected chi connectivity index (χ1v) is 5.84.